The molecule has 25 heavy (non-hydrogen) atoms. The summed E-state index contributed by atoms with van der Waals surface area (Å²) in [7, 11) is 1.61. The van der Waals surface area contributed by atoms with Crippen LogP contribution in [0.3, 0.4) is 0 Å². The maximum absolute atomic E-state index is 13.7. The quantitative estimate of drug-likeness (QED) is 0.757. The van der Waals surface area contributed by atoms with Crippen LogP contribution in [0.2, 0.25) is 0 Å². The summed E-state index contributed by atoms with van der Waals surface area (Å²) < 4.78 is 27.4. The smallest absolute Gasteiger partial charge is 0.236 e. The molecule has 0 radical (unpaired) electrons. The van der Waals surface area contributed by atoms with Crippen LogP contribution < -0.4 is 10.2 Å². The number of nitrogens with zero attached hydrogens (tertiary/aromatic N) is 5. The maximum Gasteiger partial charge on any atom is 0.236 e. The first-order chi connectivity index (χ1) is 12.0. The van der Waals surface area contributed by atoms with E-state index in [1.807, 2.05) is 6.07 Å². The van der Waals surface area contributed by atoms with Crippen LogP contribution in [0.25, 0.3) is 0 Å². The van der Waals surface area contributed by atoms with E-state index < -0.39 is 11.6 Å². The molecule has 2 heterocycles. The van der Waals surface area contributed by atoms with Gasteiger partial charge in [0, 0.05) is 13.1 Å². The number of aromatic amines is 1. The van der Waals surface area contributed by atoms with Crippen LogP contribution in [0.1, 0.15) is 11.3 Å². The van der Waals surface area contributed by atoms with Gasteiger partial charge in [0.1, 0.15) is 29.1 Å². The first-order valence-electron chi connectivity index (χ1n) is 7.24. The third kappa shape index (κ3) is 3.10. The highest BCUT2D eigenvalue weighted by molar-refractivity contribution is 5.74. The molecule has 0 atom stereocenters. The van der Waals surface area contributed by atoms with Crippen molar-refractivity contribution >= 4 is 23.1 Å². The molecule has 0 aliphatic carbocycles. The van der Waals surface area contributed by atoms with E-state index in [1.165, 1.54) is 17.3 Å². The summed E-state index contributed by atoms with van der Waals surface area (Å²) in [4.78, 5) is 9.90. The molecule has 126 valence electrons. The van der Waals surface area contributed by atoms with Crippen molar-refractivity contribution in [3.63, 3.8) is 0 Å². The molecule has 2 aromatic heterocycles. The lowest BCUT2D eigenvalue weighted by Gasteiger charge is -2.22. The van der Waals surface area contributed by atoms with Gasteiger partial charge in [-0.3, -0.25) is 10.00 Å². The van der Waals surface area contributed by atoms with Gasteiger partial charge in [-0.15, -0.1) is 0 Å². The second-order valence-electron chi connectivity index (χ2n) is 5.14. The second kappa shape index (κ2) is 6.52. The van der Waals surface area contributed by atoms with Gasteiger partial charge >= 0.3 is 0 Å². The van der Waals surface area contributed by atoms with Crippen molar-refractivity contribution in [1.29, 1.82) is 5.26 Å². The standard InChI is InChI=1S/C16H13F2N7/c1-9-14(8-22-24-9)25(13-4-11(17)3-12(18)5-13)16-21-7-10(6-19)15(20-2)23-16/h3-5,7-8H,1-2H3,(H,22,24)(H,20,21,23). The fourth-order valence-electron chi connectivity index (χ4n) is 2.35. The van der Waals surface area contributed by atoms with E-state index in [0.717, 1.165) is 18.2 Å². The van der Waals surface area contributed by atoms with Gasteiger partial charge in [0.2, 0.25) is 5.95 Å². The van der Waals surface area contributed by atoms with E-state index in [4.69, 9.17) is 5.26 Å². The molecular formula is C16H13F2N7. The van der Waals surface area contributed by atoms with Crippen LogP contribution in [0, 0.1) is 29.9 Å². The Labute approximate surface area is 142 Å². The number of halogens is 2. The summed E-state index contributed by atoms with van der Waals surface area (Å²) in [6.07, 6.45) is 2.84. The number of benzene rings is 1. The molecule has 3 rings (SSSR count). The van der Waals surface area contributed by atoms with Gasteiger partial charge in [0.05, 0.1) is 29.5 Å². The Bertz CT molecular complexity index is 941. The Balaban J connectivity index is 2.22. The van der Waals surface area contributed by atoms with E-state index in [2.05, 4.69) is 25.5 Å². The Morgan fingerprint density at radius 1 is 1.20 bits per heavy atom. The summed E-state index contributed by atoms with van der Waals surface area (Å²) >= 11 is 0. The van der Waals surface area contributed by atoms with Gasteiger partial charge in [0.25, 0.3) is 0 Å². The highest BCUT2D eigenvalue weighted by Gasteiger charge is 2.21. The Morgan fingerprint density at radius 2 is 1.92 bits per heavy atom. The van der Waals surface area contributed by atoms with Gasteiger partial charge in [-0.05, 0) is 19.1 Å². The number of aryl methyl sites for hydroxylation is 1. The zero-order chi connectivity index (χ0) is 18.0. The Kier molecular flexibility index (Phi) is 4.26. The predicted octanol–water partition coefficient (Wildman–Crippen LogP) is 3.17. The van der Waals surface area contributed by atoms with Crippen molar-refractivity contribution in [2.45, 2.75) is 6.92 Å². The van der Waals surface area contributed by atoms with E-state index in [1.54, 1.807) is 14.0 Å². The minimum atomic E-state index is -0.733. The molecule has 0 saturated carbocycles. The average Bonchev–Trinajstić information content (AvgIpc) is 3.00. The lowest BCUT2D eigenvalue weighted by Crippen LogP contribution is -2.15. The predicted molar refractivity (Wildman–Crippen MR) is 87.8 cm³/mol. The van der Waals surface area contributed by atoms with E-state index in [0.29, 0.717) is 17.2 Å². The van der Waals surface area contributed by atoms with Crippen LogP contribution in [0.15, 0.2) is 30.6 Å². The lowest BCUT2D eigenvalue weighted by molar-refractivity contribution is 0.583. The number of rotatable bonds is 4. The fraction of sp³-hybridized carbons (Fsp3) is 0.125. The topological polar surface area (TPSA) is 93.5 Å². The number of nitrogens with one attached hydrogen (secondary N) is 2. The maximum atomic E-state index is 13.7. The molecule has 9 heteroatoms. The van der Waals surface area contributed by atoms with Crippen LogP contribution in [0.5, 0.6) is 0 Å². The first kappa shape index (κ1) is 16.3. The van der Waals surface area contributed by atoms with E-state index in [9.17, 15) is 8.78 Å². The van der Waals surface area contributed by atoms with Gasteiger partial charge in [-0.25, -0.2) is 13.8 Å². The van der Waals surface area contributed by atoms with Crippen LogP contribution >= 0.6 is 0 Å². The van der Waals surface area contributed by atoms with Crippen molar-refractivity contribution in [2.75, 3.05) is 17.3 Å². The molecule has 0 amide bonds. The number of hydrogen-bond donors (Lipinski definition) is 2. The molecule has 0 fully saturated rings. The Morgan fingerprint density at radius 3 is 2.48 bits per heavy atom. The summed E-state index contributed by atoms with van der Waals surface area (Å²) in [5, 5.41) is 18.6. The average molecular weight is 341 g/mol. The van der Waals surface area contributed by atoms with Crippen molar-refractivity contribution in [1.82, 2.24) is 20.2 Å². The zero-order valence-corrected chi connectivity index (χ0v) is 13.4. The minimum absolute atomic E-state index is 0.137. The van der Waals surface area contributed by atoms with Gasteiger partial charge in [-0.1, -0.05) is 0 Å². The van der Waals surface area contributed by atoms with Gasteiger partial charge < -0.3 is 5.32 Å². The summed E-state index contributed by atoms with van der Waals surface area (Å²) in [6, 6.07) is 5.08. The summed E-state index contributed by atoms with van der Waals surface area (Å²) in [6.45, 7) is 1.76. The molecule has 3 aromatic rings. The molecule has 0 spiro atoms. The third-order valence-corrected chi connectivity index (χ3v) is 3.48. The SMILES string of the molecule is CNc1nc(N(c2cc(F)cc(F)c2)c2cn[nH]c2C)ncc1C#N. The molecular weight excluding hydrogens is 328 g/mol. The minimum Gasteiger partial charge on any atom is -0.372 e. The highest BCUT2D eigenvalue weighted by atomic mass is 19.1. The molecule has 0 bridgehead atoms. The molecule has 0 aliphatic rings. The normalized spacial score (nSPS) is 10.4. The number of anilines is 4. The summed E-state index contributed by atoms with van der Waals surface area (Å²) in [5.41, 5.74) is 1.62. The van der Waals surface area contributed by atoms with Crippen LogP contribution in [-0.2, 0) is 0 Å². The number of aromatic nitrogens is 4. The zero-order valence-electron chi connectivity index (χ0n) is 13.4. The monoisotopic (exact) mass is 341 g/mol. The van der Waals surface area contributed by atoms with Gasteiger partial charge in [0.15, 0.2) is 0 Å². The number of H-pyrrole nitrogens is 1. The largest absolute Gasteiger partial charge is 0.372 e. The molecule has 0 unspecified atom stereocenters. The van der Waals surface area contributed by atoms with Crippen LogP contribution in [-0.4, -0.2) is 27.2 Å². The van der Waals surface area contributed by atoms with E-state index in [-0.39, 0.29) is 17.2 Å². The third-order valence-electron chi connectivity index (χ3n) is 3.48. The van der Waals surface area contributed by atoms with Crippen molar-refractivity contribution < 1.29 is 8.78 Å². The first-order valence-corrected chi connectivity index (χ1v) is 7.24. The molecule has 1 aromatic carbocycles. The van der Waals surface area contributed by atoms with Gasteiger partial charge in [-0.2, -0.15) is 15.3 Å². The number of nitriles is 1. The molecule has 0 saturated heterocycles. The summed E-state index contributed by atoms with van der Waals surface area (Å²) in [5.74, 6) is -1.03. The fourth-order valence-corrected chi connectivity index (χ4v) is 2.35. The molecule has 7 nitrogen and oxygen atoms in total. The van der Waals surface area contributed by atoms with Crippen molar-refractivity contribution in [2.24, 2.45) is 0 Å². The number of hydrogen-bond acceptors (Lipinski definition) is 6. The van der Waals surface area contributed by atoms with Crippen molar-refractivity contribution in [3.05, 3.63) is 53.5 Å². The van der Waals surface area contributed by atoms with E-state index >= 15 is 0 Å². The molecule has 2 N–H and O–H groups in total. The highest BCUT2D eigenvalue weighted by Crippen LogP contribution is 2.34. The lowest BCUT2D eigenvalue weighted by atomic mass is 10.2. The Hall–Kier alpha value is -3.54. The second-order valence-corrected chi connectivity index (χ2v) is 5.14. The molecule has 0 aliphatic heterocycles. The van der Waals surface area contributed by atoms with Crippen molar-refractivity contribution in [3.8, 4) is 6.07 Å². The van der Waals surface area contributed by atoms with Crippen LogP contribution in [0.4, 0.5) is 31.9 Å².